The summed E-state index contributed by atoms with van der Waals surface area (Å²) in [7, 11) is -1.38. The Hall–Kier alpha value is -1.60. The zero-order chi connectivity index (χ0) is 18.8. The number of hydrogen-bond donors (Lipinski definition) is 3. The van der Waals surface area contributed by atoms with Crippen LogP contribution in [0.3, 0.4) is 0 Å². The molecule has 142 valence electrons. The average molecular weight is 369 g/mol. The van der Waals surface area contributed by atoms with E-state index in [1.54, 1.807) is 7.05 Å². The fourth-order valence-electron chi connectivity index (χ4n) is 2.83. The maximum atomic E-state index is 11.0. The number of sulfonamides is 1. The van der Waals surface area contributed by atoms with Crippen molar-refractivity contribution in [3.05, 3.63) is 35.9 Å². The lowest BCUT2D eigenvalue weighted by atomic mass is 9.76. The van der Waals surface area contributed by atoms with E-state index in [4.69, 9.17) is 0 Å². The highest BCUT2D eigenvalue weighted by Crippen LogP contribution is 2.30. The molecule has 0 radical (unpaired) electrons. The van der Waals surface area contributed by atoms with Crippen molar-refractivity contribution in [3.63, 3.8) is 0 Å². The van der Waals surface area contributed by atoms with Gasteiger partial charge in [0.15, 0.2) is 5.96 Å². The van der Waals surface area contributed by atoms with Crippen LogP contribution in [0.5, 0.6) is 0 Å². The van der Waals surface area contributed by atoms with E-state index < -0.39 is 10.0 Å². The van der Waals surface area contributed by atoms with Crippen LogP contribution >= 0.6 is 0 Å². The molecule has 0 aromatic heterocycles. The summed E-state index contributed by atoms with van der Waals surface area (Å²) in [5, 5.41) is 6.65. The largest absolute Gasteiger partial charge is 0.356 e. The van der Waals surface area contributed by atoms with Crippen LogP contribution < -0.4 is 15.4 Å². The van der Waals surface area contributed by atoms with Crippen molar-refractivity contribution in [2.45, 2.75) is 38.5 Å². The van der Waals surface area contributed by atoms with E-state index in [0.717, 1.165) is 25.3 Å². The van der Waals surface area contributed by atoms with Gasteiger partial charge in [0.1, 0.15) is 0 Å². The van der Waals surface area contributed by atoms with Gasteiger partial charge in [-0.3, -0.25) is 4.99 Å². The summed E-state index contributed by atoms with van der Waals surface area (Å²) in [5.41, 5.74) is 1.40. The minimum absolute atomic E-state index is 0.0662. The Labute approximate surface area is 152 Å². The Morgan fingerprint density at radius 3 is 2.24 bits per heavy atom. The number of rotatable bonds is 10. The smallest absolute Gasteiger partial charge is 0.208 e. The molecule has 0 bridgehead atoms. The molecule has 0 fully saturated rings. The first kappa shape index (κ1) is 21.4. The first-order valence-corrected chi connectivity index (χ1v) is 10.7. The first-order valence-electron chi connectivity index (χ1n) is 8.81. The summed E-state index contributed by atoms with van der Waals surface area (Å²) in [4.78, 5) is 4.26. The standard InChI is InChI=1S/C18H32N4O2S/c1-5-18(6-2,16-11-8-7-9-12-16)15-21-17(19-3)20-13-10-14-22-25(4,23)24/h7-9,11-12,22H,5-6,10,13-15H2,1-4H3,(H2,19,20,21). The van der Waals surface area contributed by atoms with E-state index in [1.807, 2.05) is 6.07 Å². The van der Waals surface area contributed by atoms with E-state index >= 15 is 0 Å². The maximum absolute atomic E-state index is 11.0. The van der Waals surface area contributed by atoms with Crippen molar-refractivity contribution in [3.8, 4) is 0 Å². The van der Waals surface area contributed by atoms with Gasteiger partial charge in [0.2, 0.25) is 10.0 Å². The third-order valence-electron chi connectivity index (χ3n) is 4.57. The average Bonchev–Trinajstić information content (AvgIpc) is 2.60. The third kappa shape index (κ3) is 7.44. The van der Waals surface area contributed by atoms with Crippen molar-refractivity contribution in [1.82, 2.24) is 15.4 Å². The van der Waals surface area contributed by atoms with Crippen LogP contribution in [0.4, 0.5) is 0 Å². The highest BCUT2D eigenvalue weighted by Gasteiger charge is 2.28. The lowest BCUT2D eigenvalue weighted by Gasteiger charge is -2.33. The van der Waals surface area contributed by atoms with Gasteiger partial charge in [-0.2, -0.15) is 0 Å². The van der Waals surface area contributed by atoms with Gasteiger partial charge in [0, 0.05) is 32.1 Å². The fraction of sp³-hybridized carbons (Fsp3) is 0.611. The minimum atomic E-state index is -3.12. The van der Waals surface area contributed by atoms with Gasteiger partial charge in [0.05, 0.1) is 6.26 Å². The second-order valence-electron chi connectivity index (χ2n) is 6.23. The predicted molar refractivity (Wildman–Crippen MR) is 106 cm³/mol. The minimum Gasteiger partial charge on any atom is -0.356 e. The van der Waals surface area contributed by atoms with Crippen LogP contribution in [-0.2, 0) is 15.4 Å². The Bertz CT molecular complexity index is 626. The van der Waals surface area contributed by atoms with Crippen LogP contribution in [0, 0.1) is 0 Å². The van der Waals surface area contributed by atoms with Crippen LogP contribution in [-0.4, -0.2) is 47.3 Å². The van der Waals surface area contributed by atoms with Crippen molar-refractivity contribution >= 4 is 16.0 Å². The molecule has 0 saturated heterocycles. The normalized spacial score (nSPS) is 12.9. The molecule has 0 atom stereocenters. The molecule has 25 heavy (non-hydrogen) atoms. The Balaban J connectivity index is 2.54. The van der Waals surface area contributed by atoms with E-state index in [2.05, 4.69) is 58.5 Å². The summed E-state index contributed by atoms with van der Waals surface area (Å²) in [6, 6.07) is 10.6. The molecule has 0 aliphatic rings. The van der Waals surface area contributed by atoms with Gasteiger partial charge >= 0.3 is 0 Å². The van der Waals surface area contributed by atoms with Gasteiger partial charge in [-0.1, -0.05) is 44.2 Å². The molecule has 0 spiro atoms. The van der Waals surface area contributed by atoms with Gasteiger partial charge in [-0.15, -0.1) is 0 Å². The fourth-order valence-corrected chi connectivity index (χ4v) is 3.34. The third-order valence-corrected chi connectivity index (χ3v) is 5.30. The maximum Gasteiger partial charge on any atom is 0.208 e. The van der Waals surface area contributed by atoms with Crippen LogP contribution in [0.25, 0.3) is 0 Å². The topological polar surface area (TPSA) is 82.6 Å². The van der Waals surface area contributed by atoms with Crippen LogP contribution in [0.1, 0.15) is 38.7 Å². The number of hydrogen-bond acceptors (Lipinski definition) is 3. The lowest BCUT2D eigenvalue weighted by Crippen LogP contribution is -2.45. The van der Waals surface area contributed by atoms with Crippen molar-refractivity contribution in [2.75, 3.05) is 32.9 Å². The highest BCUT2D eigenvalue weighted by atomic mass is 32.2. The van der Waals surface area contributed by atoms with Gasteiger partial charge < -0.3 is 10.6 Å². The molecule has 0 aliphatic heterocycles. The van der Waals surface area contributed by atoms with Crippen LogP contribution in [0.15, 0.2) is 35.3 Å². The molecule has 1 aromatic rings. The highest BCUT2D eigenvalue weighted by molar-refractivity contribution is 7.88. The zero-order valence-electron chi connectivity index (χ0n) is 15.8. The summed E-state index contributed by atoms with van der Waals surface area (Å²) in [6.07, 6.45) is 3.93. The Morgan fingerprint density at radius 1 is 1.08 bits per heavy atom. The predicted octanol–water partition coefficient (Wildman–Crippen LogP) is 1.85. The Kier molecular flexibility index (Phi) is 8.92. The van der Waals surface area contributed by atoms with Gasteiger partial charge in [-0.05, 0) is 24.8 Å². The van der Waals surface area contributed by atoms with Crippen molar-refractivity contribution < 1.29 is 8.42 Å². The van der Waals surface area contributed by atoms with E-state index in [9.17, 15) is 8.42 Å². The molecular formula is C18H32N4O2S. The van der Waals surface area contributed by atoms with Crippen LogP contribution in [0.2, 0.25) is 0 Å². The molecular weight excluding hydrogens is 336 g/mol. The summed E-state index contributed by atoms with van der Waals surface area (Å²) < 4.78 is 24.5. The quantitative estimate of drug-likeness (QED) is 0.334. The zero-order valence-corrected chi connectivity index (χ0v) is 16.6. The molecule has 7 heteroatoms. The van der Waals surface area contributed by atoms with E-state index in [0.29, 0.717) is 19.5 Å². The Morgan fingerprint density at radius 2 is 1.72 bits per heavy atom. The van der Waals surface area contributed by atoms with Crippen molar-refractivity contribution in [1.29, 1.82) is 0 Å². The van der Waals surface area contributed by atoms with Crippen molar-refractivity contribution in [2.24, 2.45) is 4.99 Å². The number of aliphatic imine (C=N–C) groups is 1. The number of benzene rings is 1. The molecule has 0 amide bonds. The van der Waals surface area contributed by atoms with Gasteiger partial charge in [0.25, 0.3) is 0 Å². The SMILES string of the molecule is CCC(CC)(CNC(=NC)NCCCNS(C)(=O)=O)c1ccccc1. The monoisotopic (exact) mass is 368 g/mol. The molecule has 1 aromatic carbocycles. The van der Waals surface area contributed by atoms with E-state index in [1.165, 1.54) is 11.8 Å². The summed E-state index contributed by atoms with van der Waals surface area (Å²) in [6.45, 7) is 6.29. The number of guanidine groups is 1. The molecule has 0 unspecified atom stereocenters. The summed E-state index contributed by atoms with van der Waals surface area (Å²) >= 11 is 0. The van der Waals surface area contributed by atoms with Gasteiger partial charge in [-0.25, -0.2) is 13.1 Å². The molecule has 3 N–H and O–H groups in total. The molecule has 0 heterocycles. The molecule has 0 aliphatic carbocycles. The second-order valence-corrected chi connectivity index (χ2v) is 8.06. The van der Waals surface area contributed by atoms with E-state index in [-0.39, 0.29) is 5.41 Å². The lowest BCUT2D eigenvalue weighted by molar-refractivity contribution is 0.389. The first-order chi connectivity index (χ1) is 11.9. The number of nitrogens with zero attached hydrogens (tertiary/aromatic N) is 1. The summed E-state index contributed by atoms with van der Waals surface area (Å²) in [5.74, 6) is 0.738. The molecule has 0 saturated carbocycles. The molecule has 6 nitrogen and oxygen atoms in total. The molecule has 1 rings (SSSR count). The second kappa shape index (κ2) is 10.4. The number of nitrogens with one attached hydrogen (secondary N) is 3.